The number of aromatic nitrogens is 2. The van der Waals surface area contributed by atoms with Crippen LogP contribution in [0.15, 0.2) is 24.3 Å². The summed E-state index contributed by atoms with van der Waals surface area (Å²) < 4.78 is 42.1. The van der Waals surface area contributed by atoms with E-state index in [2.05, 4.69) is 9.84 Å². The van der Waals surface area contributed by atoms with Crippen molar-refractivity contribution in [1.82, 2.24) is 15.1 Å². The molecule has 2 aromatic rings. The van der Waals surface area contributed by atoms with E-state index in [9.17, 15) is 32.9 Å². The Bertz CT molecular complexity index is 922. The molecule has 12 heteroatoms. The highest BCUT2D eigenvalue weighted by molar-refractivity contribution is 5.91. The summed E-state index contributed by atoms with van der Waals surface area (Å²) in [6.45, 7) is 0.990. The van der Waals surface area contributed by atoms with E-state index in [1.807, 2.05) is 0 Å². The number of ether oxygens (including phenoxy) is 1. The summed E-state index contributed by atoms with van der Waals surface area (Å²) in [7, 11) is 0. The monoisotopic (exact) mass is 414 g/mol. The molecule has 0 spiro atoms. The second kappa shape index (κ2) is 8.71. The first-order valence-corrected chi connectivity index (χ1v) is 8.26. The minimum atomic E-state index is -4.55. The van der Waals surface area contributed by atoms with Crippen molar-refractivity contribution in [3.05, 3.63) is 56.9 Å². The molecule has 1 aromatic heterocycles. The number of carbonyl (C=O) groups is 2. The number of rotatable bonds is 7. The number of amides is 1. The smallest absolute Gasteiger partial charge is 0.405 e. The zero-order valence-corrected chi connectivity index (χ0v) is 15.4. The van der Waals surface area contributed by atoms with Crippen molar-refractivity contribution < 1.29 is 32.4 Å². The lowest BCUT2D eigenvalue weighted by atomic mass is 10.1. The molecular weight excluding hydrogens is 397 g/mol. The third-order valence-corrected chi connectivity index (χ3v) is 3.87. The van der Waals surface area contributed by atoms with Gasteiger partial charge in [-0.2, -0.15) is 18.3 Å². The molecule has 1 amide bonds. The molecule has 29 heavy (non-hydrogen) atoms. The minimum Gasteiger partial charge on any atom is -0.452 e. The molecule has 9 nitrogen and oxygen atoms in total. The summed E-state index contributed by atoms with van der Waals surface area (Å²) in [5, 5.41) is 16.8. The molecule has 0 saturated heterocycles. The Morgan fingerprint density at radius 2 is 1.86 bits per heavy atom. The molecule has 2 rings (SSSR count). The van der Waals surface area contributed by atoms with E-state index in [0.717, 1.165) is 0 Å². The predicted octanol–water partition coefficient (Wildman–Crippen LogP) is 2.29. The van der Waals surface area contributed by atoms with Crippen molar-refractivity contribution in [3.63, 3.8) is 0 Å². The van der Waals surface area contributed by atoms with Gasteiger partial charge in [0.15, 0.2) is 6.61 Å². The average Bonchev–Trinajstić information content (AvgIpc) is 2.91. The van der Waals surface area contributed by atoms with Crippen molar-refractivity contribution in [2.45, 2.75) is 26.6 Å². The standard InChI is InChI=1S/C17H17F3N4O5/c1-10-15(24(27)28)11(2)23(22-10)7-12-3-5-13(6-4-12)16(26)29-8-14(25)21-9-17(18,19)20/h3-6H,7-9H2,1-2H3,(H,21,25). The van der Waals surface area contributed by atoms with E-state index in [-0.39, 0.29) is 23.5 Å². The third kappa shape index (κ3) is 6.02. The number of nitrogens with zero attached hydrogens (tertiary/aromatic N) is 3. The number of alkyl halides is 3. The van der Waals surface area contributed by atoms with Crippen LogP contribution in [0.4, 0.5) is 18.9 Å². The van der Waals surface area contributed by atoms with Gasteiger partial charge in [0.1, 0.15) is 17.9 Å². The molecule has 0 atom stereocenters. The molecule has 1 N–H and O–H groups in total. The molecule has 0 saturated carbocycles. The summed E-state index contributed by atoms with van der Waals surface area (Å²) in [4.78, 5) is 33.7. The van der Waals surface area contributed by atoms with Gasteiger partial charge in [0.2, 0.25) is 0 Å². The number of carbonyl (C=O) groups excluding carboxylic acids is 2. The first-order chi connectivity index (χ1) is 13.5. The van der Waals surface area contributed by atoms with Crippen molar-refractivity contribution in [3.8, 4) is 0 Å². The highest BCUT2D eigenvalue weighted by Crippen LogP contribution is 2.22. The topological polar surface area (TPSA) is 116 Å². The highest BCUT2D eigenvalue weighted by Gasteiger charge is 2.28. The summed E-state index contributed by atoms with van der Waals surface area (Å²) >= 11 is 0. The van der Waals surface area contributed by atoms with E-state index in [0.29, 0.717) is 11.3 Å². The fourth-order valence-electron chi connectivity index (χ4n) is 2.49. The fourth-order valence-corrected chi connectivity index (χ4v) is 2.49. The van der Waals surface area contributed by atoms with E-state index < -0.39 is 36.1 Å². The van der Waals surface area contributed by atoms with Crippen LogP contribution in [-0.4, -0.2) is 45.9 Å². The summed E-state index contributed by atoms with van der Waals surface area (Å²) in [5.41, 5.74) is 1.41. The summed E-state index contributed by atoms with van der Waals surface area (Å²) in [6.07, 6.45) is -4.55. The number of benzene rings is 1. The maximum Gasteiger partial charge on any atom is 0.405 e. The van der Waals surface area contributed by atoms with Gasteiger partial charge in [-0.15, -0.1) is 0 Å². The number of hydrogen-bond donors (Lipinski definition) is 1. The Morgan fingerprint density at radius 1 is 1.24 bits per heavy atom. The zero-order valence-electron chi connectivity index (χ0n) is 15.4. The maximum absolute atomic E-state index is 12.0. The molecule has 156 valence electrons. The molecule has 0 radical (unpaired) electrons. The van der Waals surface area contributed by atoms with Crippen LogP contribution in [0, 0.1) is 24.0 Å². The number of hydrogen-bond acceptors (Lipinski definition) is 6. The molecule has 0 aliphatic carbocycles. The maximum atomic E-state index is 12.0. The van der Waals surface area contributed by atoms with Gasteiger partial charge in [0, 0.05) is 0 Å². The van der Waals surface area contributed by atoms with Crippen LogP contribution >= 0.6 is 0 Å². The summed E-state index contributed by atoms with van der Waals surface area (Å²) in [6, 6.07) is 5.96. The second-order valence-corrected chi connectivity index (χ2v) is 6.10. The van der Waals surface area contributed by atoms with Crippen LogP contribution in [0.5, 0.6) is 0 Å². The van der Waals surface area contributed by atoms with Gasteiger partial charge >= 0.3 is 17.8 Å². The van der Waals surface area contributed by atoms with E-state index in [1.165, 1.54) is 23.7 Å². The first kappa shape index (κ1) is 21.9. The molecule has 0 aliphatic rings. The van der Waals surface area contributed by atoms with Gasteiger partial charge in [-0.25, -0.2) is 4.79 Å². The van der Waals surface area contributed by atoms with Gasteiger partial charge < -0.3 is 10.1 Å². The molecule has 1 aromatic carbocycles. The van der Waals surface area contributed by atoms with Crippen LogP contribution < -0.4 is 5.32 Å². The summed E-state index contributed by atoms with van der Waals surface area (Å²) in [5.74, 6) is -1.95. The molecular formula is C17H17F3N4O5. The third-order valence-electron chi connectivity index (χ3n) is 3.87. The van der Waals surface area contributed by atoms with Gasteiger partial charge in [-0.1, -0.05) is 12.1 Å². The van der Waals surface area contributed by atoms with Crippen LogP contribution in [0.3, 0.4) is 0 Å². The van der Waals surface area contributed by atoms with Crippen LogP contribution in [0.2, 0.25) is 0 Å². The normalized spacial score (nSPS) is 11.2. The Balaban J connectivity index is 1.95. The largest absolute Gasteiger partial charge is 0.452 e. The average molecular weight is 414 g/mol. The number of nitrogens with one attached hydrogen (secondary N) is 1. The van der Waals surface area contributed by atoms with Crippen molar-refractivity contribution in [1.29, 1.82) is 0 Å². The molecule has 0 unspecified atom stereocenters. The zero-order chi connectivity index (χ0) is 21.8. The second-order valence-electron chi connectivity index (χ2n) is 6.10. The first-order valence-electron chi connectivity index (χ1n) is 8.26. The van der Waals surface area contributed by atoms with E-state index in [4.69, 9.17) is 0 Å². The number of nitro groups is 1. The number of esters is 1. The van der Waals surface area contributed by atoms with Gasteiger partial charge in [-0.3, -0.25) is 19.6 Å². The van der Waals surface area contributed by atoms with Gasteiger partial charge in [-0.05, 0) is 31.5 Å². The van der Waals surface area contributed by atoms with E-state index >= 15 is 0 Å². The predicted molar refractivity (Wildman–Crippen MR) is 93.2 cm³/mol. The minimum absolute atomic E-state index is 0.0611. The Morgan fingerprint density at radius 3 is 2.38 bits per heavy atom. The Labute approximate surface area is 162 Å². The Hall–Kier alpha value is -3.44. The van der Waals surface area contributed by atoms with Gasteiger partial charge in [0.05, 0.1) is 17.0 Å². The number of aryl methyl sites for hydroxylation is 1. The molecule has 0 aliphatic heterocycles. The fraction of sp³-hybridized carbons (Fsp3) is 0.353. The SMILES string of the molecule is Cc1nn(Cc2ccc(C(=O)OCC(=O)NCC(F)(F)F)cc2)c(C)c1[N+](=O)[O-]. The molecule has 0 fully saturated rings. The highest BCUT2D eigenvalue weighted by atomic mass is 19.4. The van der Waals surface area contributed by atoms with Crippen molar-refractivity contribution in [2.75, 3.05) is 13.2 Å². The lowest BCUT2D eigenvalue weighted by Gasteiger charge is -2.09. The Kier molecular flexibility index (Phi) is 6.56. The van der Waals surface area contributed by atoms with Gasteiger partial charge in [0.25, 0.3) is 5.91 Å². The van der Waals surface area contributed by atoms with Crippen LogP contribution in [0.25, 0.3) is 0 Å². The van der Waals surface area contributed by atoms with E-state index in [1.54, 1.807) is 24.4 Å². The van der Waals surface area contributed by atoms with Crippen LogP contribution in [-0.2, 0) is 16.1 Å². The lowest BCUT2D eigenvalue weighted by molar-refractivity contribution is -0.386. The molecule has 1 heterocycles. The van der Waals surface area contributed by atoms with Crippen molar-refractivity contribution >= 4 is 17.6 Å². The number of halogens is 3. The lowest BCUT2D eigenvalue weighted by Crippen LogP contribution is -2.36. The van der Waals surface area contributed by atoms with Crippen LogP contribution in [0.1, 0.15) is 27.3 Å². The quantitative estimate of drug-likeness (QED) is 0.422. The molecule has 0 bridgehead atoms. The van der Waals surface area contributed by atoms with Crippen molar-refractivity contribution in [2.24, 2.45) is 0 Å².